The van der Waals surface area contributed by atoms with Gasteiger partial charge in [0.25, 0.3) is 0 Å². The number of alkyl halides is 3. The first-order chi connectivity index (χ1) is 12.5. The summed E-state index contributed by atoms with van der Waals surface area (Å²) in [6.45, 7) is 1.95. The summed E-state index contributed by atoms with van der Waals surface area (Å²) in [5.41, 5.74) is 3.25. The van der Waals surface area contributed by atoms with Crippen molar-refractivity contribution in [2.75, 3.05) is 0 Å². The first kappa shape index (κ1) is 16.8. The Morgan fingerprint density at radius 2 is 1.65 bits per heavy atom. The highest BCUT2D eigenvalue weighted by molar-refractivity contribution is 5.79. The standard InChI is InChI=1S/C22H18F3N/c1-2-8-15-13-18(22(23,24)25)20-19(14-9-4-3-5-10-14)16-11-6-7-12-17(16)21(20)26-15/h3-7,9-13,19H,2,8H2,1H3. The predicted molar refractivity (Wildman–Crippen MR) is 96.1 cm³/mol. The third kappa shape index (κ3) is 2.70. The van der Waals surface area contributed by atoms with Crippen molar-refractivity contribution in [3.63, 3.8) is 0 Å². The van der Waals surface area contributed by atoms with Crippen molar-refractivity contribution >= 4 is 0 Å². The van der Waals surface area contributed by atoms with E-state index in [0.717, 1.165) is 23.1 Å². The van der Waals surface area contributed by atoms with E-state index in [1.165, 1.54) is 6.07 Å². The van der Waals surface area contributed by atoms with Crippen LogP contribution in [-0.4, -0.2) is 4.98 Å². The molecule has 1 heterocycles. The Labute approximate surface area is 150 Å². The molecule has 3 aromatic rings. The molecule has 0 bridgehead atoms. The average molecular weight is 353 g/mol. The summed E-state index contributed by atoms with van der Waals surface area (Å²) in [5, 5.41) is 0. The number of pyridine rings is 1. The number of hydrogen-bond donors (Lipinski definition) is 0. The number of hydrogen-bond acceptors (Lipinski definition) is 1. The molecule has 0 saturated carbocycles. The summed E-state index contributed by atoms with van der Waals surface area (Å²) < 4.78 is 41.8. The molecule has 0 spiro atoms. The van der Waals surface area contributed by atoms with Crippen LogP contribution in [0, 0.1) is 0 Å². The minimum absolute atomic E-state index is 0.282. The molecule has 0 aliphatic heterocycles. The van der Waals surface area contributed by atoms with Crippen molar-refractivity contribution in [3.8, 4) is 11.3 Å². The Morgan fingerprint density at radius 1 is 0.962 bits per heavy atom. The van der Waals surface area contributed by atoms with E-state index in [1.54, 1.807) is 0 Å². The molecule has 0 radical (unpaired) electrons. The molecule has 0 fully saturated rings. The average Bonchev–Trinajstić information content (AvgIpc) is 2.96. The van der Waals surface area contributed by atoms with E-state index in [-0.39, 0.29) is 5.56 Å². The topological polar surface area (TPSA) is 12.9 Å². The first-order valence-corrected chi connectivity index (χ1v) is 8.76. The van der Waals surface area contributed by atoms with Crippen LogP contribution in [0.25, 0.3) is 11.3 Å². The fraction of sp³-hybridized carbons (Fsp3) is 0.227. The third-order valence-electron chi connectivity index (χ3n) is 4.87. The van der Waals surface area contributed by atoms with Gasteiger partial charge in [-0.05, 0) is 23.6 Å². The molecule has 0 saturated heterocycles. The fourth-order valence-corrected chi connectivity index (χ4v) is 3.84. The van der Waals surface area contributed by atoms with Gasteiger partial charge in [0.05, 0.1) is 11.3 Å². The molecular formula is C22H18F3N. The number of aromatic nitrogens is 1. The number of halogens is 3. The Bertz CT molecular complexity index is 945. The van der Waals surface area contributed by atoms with Gasteiger partial charge in [0.2, 0.25) is 0 Å². The second kappa shape index (κ2) is 6.27. The minimum atomic E-state index is -4.41. The molecule has 1 nitrogen and oxygen atoms in total. The third-order valence-corrected chi connectivity index (χ3v) is 4.87. The van der Waals surface area contributed by atoms with Gasteiger partial charge in [-0.1, -0.05) is 67.9 Å². The molecule has 4 rings (SSSR count). The molecule has 1 unspecified atom stereocenters. The molecular weight excluding hydrogens is 335 g/mol. The van der Waals surface area contributed by atoms with E-state index >= 15 is 0 Å². The van der Waals surface area contributed by atoms with Gasteiger partial charge in [-0.25, -0.2) is 0 Å². The van der Waals surface area contributed by atoms with Crippen molar-refractivity contribution in [2.45, 2.75) is 31.9 Å². The lowest BCUT2D eigenvalue weighted by atomic mass is 9.87. The summed E-state index contributed by atoms with van der Waals surface area (Å²) in [6.07, 6.45) is -3.12. The van der Waals surface area contributed by atoms with Gasteiger partial charge in [-0.3, -0.25) is 4.98 Å². The zero-order valence-electron chi connectivity index (χ0n) is 14.3. The fourth-order valence-electron chi connectivity index (χ4n) is 3.84. The Balaban J connectivity index is 2.05. The van der Waals surface area contributed by atoms with Crippen molar-refractivity contribution in [2.24, 2.45) is 0 Å². The lowest BCUT2D eigenvalue weighted by Gasteiger charge is -2.20. The highest BCUT2D eigenvalue weighted by atomic mass is 19.4. The maximum absolute atomic E-state index is 13.9. The van der Waals surface area contributed by atoms with E-state index in [0.29, 0.717) is 17.8 Å². The molecule has 0 amide bonds. The number of rotatable bonds is 3. The first-order valence-electron chi connectivity index (χ1n) is 8.76. The van der Waals surface area contributed by atoms with E-state index in [1.807, 2.05) is 61.5 Å². The molecule has 0 N–H and O–H groups in total. The zero-order valence-corrected chi connectivity index (χ0v) is 14.3. The molecule has 1 aliphatic rings. The highest BCUT2D eigenvalue weighted by Gasteiger charge is 2.42. The van der Waals surface area contributed by atoms with E-state index in [2.05, 4.69) is 4.98 Å². The van der Waals surface area contributed by atoms with E-state index in [9.17, 15) is 13.2 Å². The number of benzene rings is 2. The number of aryl methyl sites for hydroxylation is 1. The lowest BCUT2D eigenvalue weighted by molar-refractivity contribution is -0.138. The Hall–Kier alpha value is -2.62. The molecule has 1 atom stereocenters. The monoisotopic (exact) mass is 353 g/mol. The maximum atomic E-state index is 13.9. The van der Waals surface area contributed by atoms with E-state index < -0.39 is 17.7 Å². The summed E-state index contributed by atoms with van der Waals surface area (Å²) >= 11 is 0. The van der Waals surface area contributed by atoms with Crippen LogP contribution in [0.2, 0.25) is 0 Å². The zero-order chi connectivity index (χ0) is 18.3. The summed E-state index contributed by atoms with van der Waals surface area (Å²) in [7, 11) is 0. The second-order valence-corrected chi connectivity index (χ2v) is 6.60. The summed E-state index contributed by atoms with van der Waals surface area (Å²) in [5.74, 6) is -0.442. The Morgan fingerprint density at radius 3 is 2.35 bits per heavy atom. The van der Waals surface area contributed by atoms with Gasteiger partial charge in [-0.15, -0.1) is 0 Å². The van der Waals surface area contributed by atoms with Crippen molar-refractivity contribution in [3.05, 3.63) is 88.6 Å². The van der Waals surface area contributed by atoms with Gasteiger partial charge in [0.15, 0.2) is 0 Å². The lowest BCUT2D eigenvalue weighted by Crippen LogP contribution is -2.14. The van der Waals surface area contributed by atoms with Crippen LogP contribution in [0.1, 0.15) is 47.2 Å². The second-order valence-electron chi connectivity index (χ2n) is 6.60. The summed E-state index contributed by atoms with van der Waals surface area (Å²) in [6, 6.07) is 18.1. The van der Waals surface area contributed by atoms with Crippen LogP contribution in [0.5, 0.6) is 0 Å². The van der Waals surface area contributed by atoms with Gasteiger partial charge in [0, 0.05) is 22.7 Å². The molecule has 1 aliphatic carbocycles. The maximum Gasteiger partial charge on any atom is 0.416 e. The van der Waals surface area contributed by atoms with E-state index in [4.69, 9.17) is 0 Å². The van der Waals surface area contributed by atoms with Crippen molar-refractivity contribution in [1.82, 2.24) is 4.98 Å². The molecule has 26 heavy (non-hydrogen) atoms. The van der Waals surface area contributed by atoms with Crippen molar-refractivity contribution in [1.29, 1.82) is 0 Å². The quantitative estimate of drug-likeness (QED) is 0.426. The number of nitrogens with zero attached hydrogens (tertiary/aromatic N) is 1. The minimum Gasteiger partial charge on any atom is -0.252 e. The van der Waals surface area contributed by atoms with Gasteiger partial charge in [-0.2, -0.15) is 13.2 Å². The predicted octanol–water partition coefficient (Wildman–Crippen LogP) is 6.21. The smallest absolute Gasteiger partial charge is 0.252 e. The highest BCUT2D eigenvalue weighted by Crippen LogP contribution is 2.51. The van der Waals surface area contributed by atoms with Crippen LogP contribution >= 0.6 is 0 Å². The van der Waals surface area contributed by atoms with Crippen molar-refractivity contribution < 1.29 is 13.2 Å². The SMILES string of the molecule is CCCc1cc(C(F)(F)F)c2c(n1)-c1ccccc1C2c1ccccc1. The van der Waals surface area contributed by atoms with Crippen LogP contribution < -0.4 is 0 Å². The van der Waals surface area contributed by atoms with Gasteiger partial charge < -0.3 is 0 Å². The normalized spacial score (nSPS) is 15.6. The largest absolute Gasteiger partial charge is 0.416 e. The molecule has 1 aromatic heterocycles. The van der Waals surface area contributed by atoms with Crippen LogP contribution in [0.15, 0.2) is 60.7 Å². The van der Waals surface area contributed by atoms with Gasteiger partial charge >= 0.3 is 6.18 Å². The number of fused-ring (bicyclic) bond motifs is 3. The Kier molecular flexibility index (Phi) is 4.06. The molecule has 4 heteroatoms. The van der Waals surface area contributed by atoms with Crippen LogP contribution in [0.3, 0.4) is 0 Å². The summed E-state index contributed by atoms with van der Waals surface area (Å²) in [4.78, 5) is 4.63. The molecule has 132 valence electrons. The van der Waals surface area contributed by atoms with Crippen LogP contribution in [0.4, 0.5) is 13.2 Å². The van der Waals surface area contributed by atoms with Crippen LogP contribution in [-0.2, 0) is 12.6 Å². The van der Waals surface area contributed by atoms with Gasteiger partial charge in [0.1, 0.15) is 0 Å². The molecule has 2 aromatic carbocycles.